The number of hydrogen-bond acceptors (Lipinski definition) is 13. The molecule has 0 saturated carbocycles. The van der Waals surface area contributed by atoms with Crippen molar-refractivity contribution >= 4 is 65.2 Å². The molecule has 0 radical (unpaired) electrons. The van der Waals surface area contributed by atoms with Crippen LogP contribution < -0.4 is 19.1 Å². The predicted octanol–water partition coefficient (Wildman–Crippen LogP) is 7.87. The molecule has 4 aliphatic rings. The number of anilines is 1. The Kier molecular flexibility index (Phi) is 12.9. The van der Waals surface area contributed by atoms with E-state index in [2.05, 4.69) is 54.8 Å². The smallest absolute Gasteiger partial charge is 0.277 e. The Hall–Kier alpha value is -5.53. The van der Waals surface area contributed by atoms with E-state index in [-0.39, 0.29) is 53.5 Å². The van der Waals surface area contributed by atoms with Gasteiger partial charge >= 0.3 is 0 Å². The predicted molar refractivity (Wildman–Crippen MR) is 254 cm³/mol. The first-order chi connectivity index (χ1) is 31.6. The lowest BCUT2D eigenvalue weighted by Crippen LogP contribution is -2.47. The van der Waals surface area contributed by atoms with Crippen LogP contribution in [0.3, 0.4) is 0 Å². The van der Waals surface area contributed by atoms with Gasteiger partial charge < -0.3 is 24.1 Å². The summed E-state index contributed by atoms with van der Waals surface area (Å²) < 4.78 is 65.0. The quantitative estimate of drug-likeness (QED) is 0.0908. The number of nitro benzene ring substituents is 1. The van der Waals surface area contributed by atoms with Gasteiger partial charge in [0, 0.05) is 79.1 Å². The molecule has 2 N–H and O–H groups in total. The molecule has 2 aromatic heterocycles. The van der Waals surface area contributed by atoms with Crippen molar-refractivity contribution in [2.75, 3.05) is 75.5 Å². The van der Waals surface area contributed by atoms with E-state index in [4.69, 9.17) is 25.8 Å². The van der Waals surface area contributed by atoms with Gasteiger partial charge in [-0.15, -0.1) is 0 Å². The van der Waals surface area contributed by atoms with Crippen molar-refractivity contribution in [1.82, 2.24) is 19.6 Å². The Labute approximate surface area is 389 Å². The van der Waals surface area contributed by atoms with Crippen molar-refractivity contribution in [2.24, 2.45) is 15.7 Å². The summed E-state index contributed by atoms with van der Waals surface area (Å²) in [5.74, 6) is -0.208. The second kappa shape index (κ2) is 18.6. The number of nitrogens with one attached hydrogen (secondary N) is 2. The van der Waals surface area contributed by atoms with Gasteiger partial charge in [-0.05, 0) is 78.6 Å². The molecule has 66 heavy (non-hydrogen) atoms. The van der Waals surface area contributed by atoms with Crippen LogP contribution in [0, 0.1) is 21.4 Å². The molecule has 9 rings (SSSR count). The van der Waals surface area contributed by atoms with Crippen LogP contribution >= 0.6 is 11.6 Å². The third-order valence-electron chi connectivity index (χ3n) is 12.9. The average molecular weight is 959 g/mol. The number of rotatable bonds is 12. The molecular formula is C47H52ClN7O9S2. The highest BCUT2D eigenvalue weighted by molar-refractivity contribution is 7.93. The molecule has 19 heteroatoms. The first-order valence-corrected chi connectivity index (χ1v) is 25.8. The Bertz CT molecular complexity index is 2950. The van der Waals surface area contributed by atoms with Crippen LogP contribution in [0.25, 0.3) is 16.6 Å². The fraction of sp³-hybridized carbons (Fsp3) is 0.404. The minimum atomic E-state index is -4.68. The number of benzene rings is 3. The number of pyridine rings is 1. The molecule has 16 nitrogen and oxygen atoms in total. The van der Waals surface area contributed by atoms with Crippen molar-refractivity contribution in [3.8, 4) is 17.2 Å². The highest BCUT2D eigenvalue weighted by atomic mass is 35.5. The third-order valence-corrected chi connectivity index (χ3v) is 16.7. The first kappa shape index (κ1) is 45.6. The van der Waals surface area contributed by atoms with Gasteiger partial charge in [-0.1, -0.05) is 43.2 Å². The number of aromatic nitrogens is 2. The number of carbonyl (C=O) groups is 1. The minimum absolute atomic E-state index is 0.0195. The van der Waals surface area contributed by atoms with Gasteiger partial charge in [0.05, 0.1) is 74.7 Å². The van der Waals surface area contributed by atoms with Crippen molar-refractivity contribution in [3.05, 3.63) is 117 Å². The van der Waals surface area contributed by atoms with E-state index in [9.17, 15) is 27.5 Å². The van der Waals surface area contributed by atoms with Crippen LogP contribution in [0.5, 0.6) is 17.2 Å². The third kappa shape index (κ3) is 10.2. The van der Waals surface area contributed by atoms with Crippen LogP contribution in [0.15, 0.2) is 94.0 Å². The van der Waals surface area contributed by atoms with Gasteiger partial charge in [0.1, 0.15) is 22.9 Å². The van der Waals surface area contributed by atoms with Crippen LogP contribution in [-0.4, -0.2) is 109 Å². The molecule has 0 bridgehead atoms. The van der Waals surface area contributed by atoms with Crippen LogP contribution in [0.4, 0.5) is 11.4 Å². The van der Waals surface area contributed by atoms with E-state index >= 15 is 0 Å². The zero-order valence-corrected chi connectivity index (χ0v) is 39.2. The van der Waals surface area contributed by atoms with Crippen molar-refractivity contribution in [1.29, 1.82) is 0 Å². The normalized spacial score (nSPS) is 19.7. The number of aromatic amines is 1. The van der Waals surface area contributed by atoms with Crippen molar-refractivity contribution in [3.63, 3.8) is 0 Å². The van der Waals surface area contributed by atoms with E-state index in [1.54, 1.807) is 24.4 Å². The molecule has 2 saturated heterocycles. The van der Waals surface area contributed by atoms with Gasteiger partial charge in [0.2, 0.25) is 0 Å². The van der Waals surface area contributed by atoms with Crippen LogP contribution in [0.2, 0.25) is 5.02 Å². The van der Waals surface area contributed by atoms with Gasteiger partial charge in [0.25, 0.3) is 21.6 Å². The number of fused-ring (bicyclic) bond motifs is 2. The van der Waals surface area contributed by atoms with E-state index in [1.165, 1.54) is 35.0 Å². The van der Waals surface area contributed by atoms with Gasteiger partial charge in [-0.3, -0.25) is 19.8 Å². The number of sulfonamides is 1. The van der Waals surface area contributed by atoms with E-state index < -0.39 is 41.2 Å². The molecule has 3 aromatic carbocycles. The standard InChI is InChI=1S/C47H52ClN7O9S2/c1-47(2)11-9-34(41(26-47)32-3-5-35(48)6-4-32)29-53-13-15-54(16-14-53)36-7-8-39(44(23-36)64-37-22-33-10-12-49-45(33)50-28-37)46(56)52-66(60,61)38-24-42(55(57)58)40-21-31(30-63-43(40)25-38)27-51-65(59)19-17-62-18-20-65/h3-8,10,12,22-25,28,31H,9,11,13-21,26-27,29-30H2,1-2H3,(H,49,50)(H,52,56)/t31-/m1/s1. The number of hydrogen-bond donors (Lipinski definition) is 2. The second-order valence-corrected chi connectivity index (χ2v) is 22.9. The average Bonchev–Trinajstić information content (AvgIpc) is 3.77. The number of amides is 1. The molecule has 0 spiro atoms. The van der Waals surface area contributed by atoms with Gasteiger partial charge in [-0.25, -0.2) is 26.7 Å². The highest BCUT2D eigenvalue weighted by Crippen LogP contribution is 2.44. The molecule has 1 aliphatic carbocycles. The fourth-order valence-electron chi connectivity index (χ4n) is 9.10. The summed E-state index contributed by atoms with van der Waals surface area (Å²) in [6.07, 6.45) is 6.59. The minimum Gasteiger partial charge on any atom is -0.493 e. The molecule has 3 aliphatic heterocycles. The SMILES string of the molecule is CC1(C)CCC(CN2CCN(c3ccc(C(=O)NS(=O)(=O)c4cc5c(c([N+](=O)[O-])c4)C[C@H](CN=S4(=O)CCOCC4)CO5)c(Oc4cnc5[nH]ccc5c4)c3)CC2)=C(c2ccc(Cl)cc2)C1. The summed E-state index contributed by atoms with van der Waals surface area (Å²) in [5, 5.41) is 13.9. The number of piperazine rings is 1. The monoisotopic (exact) mass is 957 g/mol. The molecule has 5 heterocycles. The summed E-state index contributed by atoms with van der Waals surface area (Å²) in [6, 6.07) is 18.9. The van der Waals surface area contributed by atoms with E-state index in [1.807, 2.05) is 18.2 Å². The van der Waals surface area contributed by atoms with Crippen LogP contribution in [-0.2, 0) is 30.9 Å². The van der Waals surface area contributed by atoms with Crippen molar-refractivity contribution in [2.45, 2.75) is 44.4 Å². The second-order valence-electron chi connectivity index (χ2n) is 18.2. The summed E-state index contributed by atoms with van der Waals surface area (Å²) in [5.41, 5.74) is 5.38. The molecule has 5 aromatic rings. The largest absolute Gasteiger partial charge is 0.493 e. The van der Waals surface area contributed by atoms with Gasteiger partial charge in [-0.2, -0.15) is 0 Å². The number of allylic oxidation sites excluding steroid dienone is 1. The number of carbonyl (C=O) groups excluding carboxylic acids is 1. The lowest BCUT2D eigenvalue weighted by Gasteiger charge is -2.39. The molecule has 2 fully saturated rings. The number of nitro groups is 1. The first-order valence-electron chi connectivity index (χ1n) is 22.1. The Morgan fingerprint density at radius 2 is 1.85 bits per heavy atom. The topological polar surface area (TPSA) is 199 Å². The molecule has 0 unspecified atom stereocenters. The molecule has 348 valence electrons. The maximum Gasteiger partial charge on any atom is 0.277 e. The summed E-state index contributed by atoms with van der Waals surface area (Å²) >= 11 is 6.25. The Balaban J connectivity index is 0.937. The zero-order chi connectivity index (χ0) is 46.2. The fourth-order valence-corrected chi connectivity index (χ4v) is 11.9. The number of H-pyrrole nitrogens is 1. The maximum atomic E-state index is 14.1. The van der Waals surface area contributed by atoms with Crippen molar-refractivity contribution < 1.29 is 36.6 Å². The van der Waals surface area contributed by atoms with Gasteiger partial charge in [0.15, 0.2) is 0 Å². The Morgan fingerprint density at radius 1 is 1.08 bits per heavy atom. The molecular weight excluding hydrogens is 906 g/mol. The summed E-state index contributed by atoms with van der Waals surface area (Å²) in [7, 11) is -7.12. The maximum absolute atomic E-state index is 14.1. The van der Waals surface area contributed by atoms with E-state index in [0.29, 0.717) is 49.2 Å². The lowest BCUT2D eigenvalue weighted by molar-refractivity contribution is -0.386. The number of nitrogens with zero attached hydrogens (tertiary/aromatic N) is 5. The summed E-state index contributed by atoms with van der Waals surface area (Å²) in [6.45, 7) is 9.51. The summed E-state index contributed by atoms with van der Waals surface area (Å²) in [4.78, 5) is 37.4. The Morgan fingerprint density at radius 3 is 2.61 bits per heavy atom. The van der Waals surface area contributed by atoms with E-state index in [0.717, 1.165) is 61.1 Å². The molecule has 1 atom stereocenters. The number of ether oxygens (including phenoxy) is 3. The lowest BCUT2D eigenvalue weighted by atomic mass is 9.72. The van der Waals surface area contributed by atoms with Crippen LogP contribution in [0.1, 0.15) is 54.6 Å². The highest BCUT2D eigenvalue weighted by Gasteiger charge is 2.34. The zero-order valence-electron chi connectivity index (χ0n) is 36.8. The molecule has 1 amide bonds. The number of halogens is 1.